The van der Waals surface area contributed by atoms with Gasteiger partial charge in [-0.15, -0.1) is 0 Å². The maximum absolute atomic E-state index is 12.2. The second-order valence-electron chi connectivity index (χ2n) is 5.26. The molecule has 26 heavy (non-hydrogen) atoms. The first kappa shape index (κ1) is 19.9. The van der Waals surface area contributed by atoms with E-state index < -0.39 is 18.0 Å². The van der Waals surface area contributed by atoms with Crippen molar-refractivity contribution in [2.45, 2.75) is 13.0 Å². The average Bonchev–Trinajstić information content (AvgIpc) is 2.59. The van der Waals surface area contributed by atoms with Crippen molar-refractivity contribution in [3.05, 3.63) is 52.0 Å². The summed E-state index contributed by atoms with van der Waals surface area (Å²) in [5, 5.41) is 3.35. The highest BCUT2D eigenvalue weighted by molar-refractivity contribution is 6.35. The summed E-state index contributed by atoms with van der Waals surface area (Å²) in [7, 11) is 2.95. The zero-order valence-corrected chi connectivity index (χ0v) is 15.9. The minimum atomic E-state index is -1.03. The fourth-order valence-corrected chi connectivity index (χ4v) is 2.64. The molecule has 8 heteroatoms. The maximum Gasteiger partial charge on any atom is 0.339 e. The quantitative estimate of drug-likeness (QED) is 0.739. The van der Waals surface area contributed by atoms with Gasteiger partial charge in [-0.25, -0.2) is 4.79 Å². The summed E-state index contributed by atoms with van der Waals surface area (Å²) in [5.41, 5.74) is 0.634. The SMILES string of the molecule is COc1ccc(C(=O)O[C@H](C)C(=O)Nc2cc(Cl)cc(Cl)c2)cc1OC. The summed E-state index contributed by atoms with van der Waals surface area (Å²) in [6.45, 7) is 1.46. The second-order valence-corrected chi connectivity index (χ2v) is 6.14. The topological polar surface area (TPSA) is 73.9 Å². The molecule has 138 valence electrons. The van der Waals surface area contributed by atoms with Gasteiger partial charge >= 0.3 is 5.97 Å². The molecule has 2 aromatic carbocycles. The number of halogens is 2. The van der Waals surface area contributed by atoms with Crippen LogP contribution in [-0.2, 0) is 9.53 Å². The predicted octanol–water partition coefficient (Wildman–Crippen LogP) is 4.19. The first-order valence-corrected chi connectivity index (χ1v) is 8.29. The number of hydrogen-bond donors (Lipinski definition) is 1. The van der Waals surface area contributed by atoms with Gasteiger partial charge in [0, 0.05) is 15.7 Å². The van der Waals surface area contributed by atoms with Crippen molar-refractivity contribution in [3.8, 4) is 11.5 Å². The third-order valence-corrected chi connectivity index (χ3v) is 3.84. The van der Waals surface area contributed by atoms with Gasteiger partial charge in [0.15, 0.2) is 17.6 Å². The number of esters is 1. The normalized spacial score (nSPS) is 11.4. The van der Waals surface area contributed by atoms with Crippen LogP contribution in [0.4, 0.5) is 5.69 Å². The number of carbonyl (C=O) groups excluding carboxylic acids is 2. The van der Waals surface area contributed by atoms with Crippen molar-refractivity contribution in [3.63, 3.8) is 0 Å². The number of ether oxygens (including phenoxy) is 3. The van der Waals surface area contributed by atoms with Crippen LogP contribution in [0, 0.1) is 0 Å². The number of amides is 1. The van der Waals surface area contributed by atoms with Crippen molar-refractivity contribution in [2.24, 2.45) is 0 Å². The van der Waals surface area contributed by atoms with E-state index in [0.29, 0.717) is 27.2 Å². The fraction of sp³-hybridized carbons (Fsp3) is 0.222. The van der Waals surface area contributed by atoms with Crippen molar-refractivity contribution in [1.82, 2.24) is 0 Å². The van der Waals surface area contributed by atoms with Crippen LogP contribution in [0.5, 0.6) is 11.5 Å². The third-order valence-electron chi connectivity index (χ3n) is 3.40. The molecule has 1 atom stereocenters. The molecule has 6 nitrogen and oxygen atoms in total. The van der Waals surface area contributed by atoms with Crippen LogP contribution in [-0.4, -0.2) is 32.2 Å². The molecule has 2 aromatic rings. The highest BCUT2D eigenvalue weighted by Gasteiger charge is 2.20. The third kappa shape index (κ3) is 5.03. The molecule has 0 heterocycles. The van der Waals surface area contributed by atoms with Crippen molar-refractivity contribution in [1.29, 1.82) is 0 Å². The summed E-state index contributed by atoms with van der Waals surface area (Å²) < 4.78 is 15.4. The molecule has 1 amide bonds. The molecule has 0 bridgehead atoms. The van der Waals surface area contributed by atoms with Gasteiger partial charge in [0.25, 0.3) is 5.91 Å². The molecular weight excluding hydrogens is 381 g/mol. The number of benzene rings is 2. The molecule has 0 aliphatic rings. The number of carbonyl (C=O) groups is 2. The minimum absolute atomic E-state index is 0.230. The van der Waals surface area contributed by atoms with Gasteiger partial charge in [-0.05, 0) is 43.3 Å². The van der Waals surface area contributed by atoms with E-state index in [4.69, 9.17) is 37.4 Å². The highest BCUT2D eigenvalue weighted by atomic mass is 35.5. The molecule has 0 radical (unpaired) electrons. The van der Waals surface area contributed by atoms with Gasteiger partial charge < -0.3 is 19.5 Å². The van der Waals surface area contributed by atoms with E-state index in [1.807, 2.05) is 0 Å². The van der Waals surface area contributed by atoms with Crippen LogP contribution >= 0.6 is 23.2 Å². The van der Waals surface area contributed by atoms with Crippen LogP contribution in [0.15, 0.2) is 36.4 Å². The smallest absolute Gasteiger partial charge is 0.339 e. The highest BCUT2D eigenvalue weighted by Crippen LogP contribution is 2.28. The Morgan fingerprint density at radius 2 is 1.58 bits per heavy atom. The average molecular weight is 398 g/mol. The largest absolute Gasteiger partial charge is 0.493 e. The lowest BCUT2D eigenvalue weighted by atomic mass is 10.2. The minimum Gasteiger partial charge on any atom is -0.493 e. The van der Waals surface area contributed by atoms with Gasteiger partial charge in [0.2, 0.25) is 0 Å². The molecular formula is C18H17Cl2NO5. The van der Waals surface area contributed by atoms with Gasteiger partial charge in [-0.1, -0.05) is 23.2 Å². The first-order valence-electron chi connectivity index (χ1n) is 7.54. The van der Waals surface area contributed by atoms with E-state index in [-0.39, 0.29) is 5.56 Å². The predicted molar refractivity (Wildman–Crippen MR) is 99.5 cm³/mol. The van der Waals surface area contributed by atoms with Crippen LogP contribution in [0.3, 0.4) is 0 Å². The maximum atomic E-state index is 12.2. The molecule has 0 saturated heterocycles. The summed E-state index contributed by atoms with van der Waals surface area (Å²) in [6.07, 6.45) is -1.03. The summed E-state index contributed by atoms with van der Waals surface area (Å²) in [5.74, 6) is -0.324. The lowest BCUT2D eigenvalue weighted by molar-refractivity contribution is -0.123. The molecule has 1 N–H and O–H groups in total. The Morgan fingerprint density at radius 1 is 0.962 bits per heavy atom. The number of anilines is 1. The van der Waals surface area contributed by atoms with E-state index in [9.17, 15) is 9.59 Å². The summed E-state index contributed by atoms with van der Waals surface area (Å²) in [4.78, 5) is 24.5. The van der Waals surface area contributed by atoms with Crippen LogP contribution in [0.1, 0.15) is 17.3 Å². The molecule has 0 saturated carbocycles. The van der Waals surface area contributed by atoms with Gasteiger partial charge in [0.1, 0.15) is 0 Å². The Labute approximate surface area is 160 Å². The van der Waals surface area contributed by atoms with Gasteiger partial charge in [-0.2, -0.15) is 0 Å². The second kappa shape index (κ2) is 8.78. The molecule has 0 unspecified atom stereocenters. The zero-order valence-electron chi connectivity index (χ0n) is 14.3. The van der Waals surface area contributed by atoms with Gasteiger partial charge in [0.05, 0.1) is 19.8 Å². The lowest BCUT2D eigenvalue weighted by Gasteiger charge is -2.15. The zero-order chi connectivity index (χ0) is 19.3. The fourth-order valence-electron chi connectivity index (χ4n) is 2.12. The Balaban J connectivity index is 2.05. The Hall–Kier alpha value is -2.44. The van der Waals surface area contributed by atoms with Crippen LogP contribution in [0.25, 0.3) is 0 Å². The van der Waals surface area contributed by atoms with E-state index in [2.05, 4.69) is 5.32 Å². The van der Waals surface area contributed by atoms with Crippen molar-refractivity contribution >= 4 is 40.8 Å². The van der Waals surface area contributed by atoms with Crippen molar-refractivity contribution in [2.75, 3.05) is 19.5 Å². The number of nitrogens with one attached hydrogen (secondary N) is 1. The Bertz CT molecular complexity index is 805. The summed E-state index contributed by atoms with van der Waals surface area (Å²) in [6, 6.07) is 9.18. The van der Waals surface area contributed by atoms with Crippen LogP contribution in [0.2, 0.25) is 10.0 Å². The molecule has 0 aromatic heterocycles. The first-order chi connectivity index (χ1) is 12.3. The Morgan fingerprint density at radius 3 is 2.15 bits per heavy atom. The summed E-state index contributed by atoms with van der Waals surface area (Å²) >= 11 is 11.8. The molecule has 0 fully saturated rings. The Kier molecular flexibility index (Phi) is 6.71. The number of rotatable bonds is 6. The molecule has 0 spiro atoms. The molecule has 0 aliphatic heterocycles. The van der Waals surface area contributed by atoms with E-state index in [1.165, 1.54) is 45.4 Å². The molecule has 2 rings (SSSR count). The lowest BCUT2D eigenvalue weighted by Crippen LogP contribution is -2.30. The van der Waals surface area contributed by atoms with E-state index in [0.717, 1.165) is 0 Å². The van der Waals surface area contributed by atoms with Gasteiger partial charge in [-0.3, -0.25) is 4.79 Å². The molecule has 0 aliphatic carbocycles. The van der Waals surface area contributed by atoms with E-state index in [1.54, 1.807) is 12.1 Å². The van der Waals surface area contributed by atoms with Crippen molar-refractivity contribution < 1.29 is 23.8 Å². The standard InChI is InChI=1S/C18H17Cl2NO5/c1-10(17(22)21-14-8-12(19)7-13(20)9-14)26-18(23)11-4-5-15(24-2)16(6-11)25-3/h4-10H,1-3H3,(H,21,22)/t10-/m1/s1. The monoisotopic (exact) mass is 397 g/mol. The van der Waals surface area contributed by atoms with Crippen LogP contribution < -0.4 is 14.8 Å². The van der Waals surface area contributed by atoms with E-state index >= 15 is 0 Å². The number of hydrogen-bond acceptors (Lipinski definition) is 5. The number of methoxy groups -OCH3 is 2.